The highest BCUT2D eigenvalue weighted by Crippen LogP contribution is 2.36. The van der Waals surface area contributed by atoms with Crippen molar-refractivity contribution in [1.82, 2.24) is 0 Å². The lowest BCUT2D eigenvalue weighted by atomic mass is 10.1. The molecule has 1 N–H and O–H groups in total. The van der Waals surface area contributed by atoms with E-state index in [1.54, 1.807) is 23.1 Å². The van der Waals surface area contributed by atoms with Crippen molar-refractivity contribution in [2.75, 3.05) is 16.8 Å². The van der Waals surface area contributed by atoms with Crippen LogP contribution in [0.25, 0.3) is 0 Å². The van der Waals surface area contributed by atoms with Crippen LogP contribution < -0.4 is 15.0 Å². The molecule has 7 heteroatoms. The van der Waals surface area contributed by atoms with E-state index in [9.17, 15) is 14.0 Å². The van der Waals surface area contributed by atoms with Crippen molar-refractivity contribution in [3.63, 3.8) is 0 Å². The quantitative estimate of drug-likeness (QED) is 0.643. The number of nitrogens with zero attached hydrogens (tertiary/aromatic N) is 1. The summed E-state index contributed by atoms with van der Waals surface area (Å²) in [6, 6.07) is 16.9. The van der Waals surface area contributed by atoms with Gasteiger partial charge in [0.15, 0.2) is 6.61 Å². The van der Waals surface area contributed by atoms with Crippen molar-refractivity contribution in [2.45, 2.75) is 13.5 Å². The zero-order valence-electron chi connectivity index (χ0n) is 16.1. The van der Waals surface area contributed by atoms with Gasteiger partial charge < -0.3 is 15.0 Å². The van der Waals surface area contributed by atoms with Gasteiger partial charge in [-0.15, -0.1) is 0 Å². The van der Waals surface area contributed by atoms with Crippen molar-refractivity contribution in [3.8, 4) is 5.75 Å². The molecule has 0 saturated heterocycles. The number of halogens is 2. The van der Waals surface area contributed by atoms with Crippen LogP contribution in [-0.2, 0) is 11.3 Å². The number of fused-ring (bicyclic) bond motifs is 1. The highest BCUT2D eigenvalue weighted by Gasteiger charge is 2.26. The van der Waals surface area contributed by atoms with Gasteiger partial charge in [0.25, 0.3) is 11.8 Å². The van der Waals surface area contributed by atoms with Crippen molar-refractivity contribution in [2.24, 2.45) is 0 Å². The van der Waals surface area contributed by atoms with Gasteiger partial charge in [0.2, 0.25) is 0 Å². The number of nitrogens with one attached hydrogen (secondary N) is 1. The van der Waals surface area contributed by atoms with E-state index < -0.39 is 11.7 Å². The molecular formula is C23H18ClFN2O3. The number of rotatable bonds is 4. The number of hydrogen-bond donors (Lipinski definition) is 1. The number of benzene rings is 3. The molecule has 152 valence electrons. The van der Waals surface area contributed by atoms with Crippen LogP contribution >= 0.6 is 11.6 Å². The fourth-order valence-electron chi connectivity index (χ4n) is 3.24. The van der Waals surface area contributed by atoms with E-state index in [0.717, 1.165) is 11.1 Å². The van der Waals surface area contributed by atoms with Crippen LogP contribution in [0.2, 0.25) is 5.02 Å². The van der Waals surface area contributed by atoms with Gasteiger partial charge in [-0.3, -0.25) is 9.59 Å². The van der Waals surface area contributed by atoms with Gasteiger partial charge in [0.05, 0.1) is 22.8 Å². The van der Waals surface area contributed by atoms with E-state index in [-0.39, 0.29) is 23.1 Å². The molecule has 1 aliphatic rings. The minimum atomic E-state index is -0.711. The Kier molecular flexibility index (Phi) is 5.42. The Labute approximate surface area is 178 Å². The number of ether oxygens (including phenoxy) is 1. The second kappa shape index (κ2) is 8.16. The fourth-order valence-corrected chi connectivity index (χ4v) is 3.49. The van der Waals surface area contributed by atoms with E-state index in [1.165, 1.54) is 18.2 Å². The first-order chi connectivity index (χ1) is 14.4. The lowest BCUT2D eigenvalue weighted by molar-refractivity contribution is -0.121. The molecule has 0 spiro atoms. The maximum Gasteiger partial charge on any atom is 0.265 e. The van der Waals surface area contributed by atoms with Crippen molar-refractivity contribution in [3.05, 3.63) is 88.2 Å². The average Bonchev–Trinajstić information content (AvgIpc) is 2.71. The van der Waals surface area contributed by atoms with Crippen LogP contribution in [0.5, 0.6) is 5.75 Å². The number of hydrogen-bond acceptors (Lipinski definition) is 3. The smallest absolute Gasteiger partial charge is 0.265 e. The van der Waals surface area contributed by atoms with E-state index in [4.69, 9.17) is 16.3 Å². The molecule has 0 bridgehead atoms. The Morgan fingerprint density at radius 1 is 1.17 bits per heavy atom. The van der Waals surface area contributed by atoms with Gasteiger partial charge in [-0.05, 0) is 42.8 Å². The maximum atomic E-state index is 14.0. The normalized spacial score (nSPS) is 12.9. The van der Waals surface area contributed by atoms with Gasteiger partial charge in [-0.1, -0.05) is 47.5 Å². The summed E-state index contributed by atoms with van der Waals surface area (Å²) in [5.74, 6) is -1.05. The highest BCUT2D eigenvalue weighted by molar-refractivity contribution is 6.34. The molecular weight excluding hydrogens is 407 g/mol. The molecule has 3 aromatic carbocycles. The summed E-state index contributed by atoms with van der Waals surface area (Å²) in [6.07, 6.45) is 0. The summed E-state index contributed by atoms with van der Waals surface area (Å²) < 4.78 is 19.6. The molecule has 4 rings (SSSR count). The van der Waals surface area contributed by atoms with Crippen LogP contribution in [0.4, 0.5) is 15.8 Å². The third-order valence-corrected chi connectivity index (χ3v) is 5.13. The fraction of sp³-hybridized carbons (Fsp3) is 0.130. The summed E-state index contributed by atoms with van der Waals surface area (Å²) in [7, 11) is 0. The van der Waals surface area contributed by atoms with E-state index in [0.29, 0.717) is 23.7 Å². The standard InChI is InChI=1S/C23H18ClFN2O3/c1-14-5-7-15(8-6-14)12-27-19-11-16(9-10-20(19)30-13-21(27)28)26-23(29)22-17(24)3-2-4-18(22)25/h2-11H,12-13H2,1H3,(H,26,29). The number of carbonyl (C=O) groups is 2. The minimum Gasteiger partial charge on any atom is -0.482 e. The van der Waals surface area contributed by atoms with E-state index in [2.05, 4.69) is 5.32 Å². The van der Waals surface area contributed by atoms with Crippen molar-refractivity contribution >= 4 is 34.8 Å². The Morgan fingerprint density at radius 3 is 2.67 bits per heavy atom. The first-order valence-electron chi connectivity index (χ1n) is 9.30. The van der Waals surface area contributed by atoms with Crippen molar-refractivity contribution in [1.29, 1.82) is 0 Å². The molecule has 30 heavy (non-hydrogen) atoms. The molecule has 1 aliphatic heterocycles. The summed E-state index contributed by atoms with van der Waals surface area (Å²) in [6.45, 7) is 2.30. The number of amides is 2. The Balaban J connectivity index is 1.62. The average molecular weight is 425 g/mol. The molecule has 0 aromatic heterocycles. The van der Waals surface area contributed by atoms with E-state index >= 15 is 0 Å². The van der Waals surface area contributed by atoms with Crippen LogP contribution in [0.1, 0.15) is 21.5 Å². The van der Waals surface area contributed by atoms with Gasteiger partial charge in [-0.2, -0.15) is 0 Å². The number of anilines is 2. The minimum absolute atomic E-state index is 0.0185. The van der Waals surface area contributed by atoms with Crippen molar-refractivity contribution < 1.29 is 18.7 Å². The first-order valence-corrected chi connectivity index (χ1v) is 9.68. The molecule has 0 saturated carbocycles. The maximum absolute atomic E-state index is 14.0. The van der Waals surface area contributed by atoms with Gasteiger partial charge in [0.1, 0.15) is 11.6 Å². The molecule has 5 nitrogen and oxygen atoms in total. The Bertz CT molecular complexity index is 1110. The van der Waals surface area contributed by atoms with E-state index in [1.807, 2.05) is 31.2 Å². The largest absolute Gasteiger partial charge is 0.482 e. The van der Waals surface area contributed by atoms with Gasteiger partial charge in [-0.25, -0.2) is 4.39 Å². The molecule has 0 aliphatic carbocycles. The number of aryl methyl sites for hydroxylation is 1. The van der Waals surface area contributed by atoms with Crippen LogP contribution in [-0.4, -0.2) is 18.4 Å². The predicted molar refractivity (Wildman–Crippen MR) is 114 cm³/mol. The van der Waals surface area contributed by atoms with Gasteiger partial charge >= 0.3 is 0 Å². The van der Waals surface area contributed by atoms with Crippen LogP contribution in [0.3, 0.4) is 0 Å². The molecule has 3 aromatic rings. The second-order valence-corrected chi connectivity index (χ2v) is 7.39. The lowest BCUT2D eigenvalue weighted by Crippen LogP contribution is -2.38. The molecule has 0 unspecified atom stereocenters. The summed E-state index contributed by atoms with van der Waals surface area (Å²) in [5, 5.41) is 2.66. The third-order valence-electron chi connectivity index (χ3n) is 4.81. The Morgan fingerprint density at radius 2 is 1.93 bits per heavy atom. The lowest BCUT2D eigenvalue weighted by Gasteiger charge is -2.30. The molecule has 0 radical (unpaired) electrons. The highest BCUT2D eigenvalue weighted by atomic mass is 35.5. The van der Waals surface area contributed by atoms with Crippen LogP contribution in [0.15, 0.2) is 60.7 Å². The molecule has 0 atom stereocenters. The summed E-state index contributed by atoms with van der Waals surface area (Å²) >= 11 is 5.98. The molecule has 2 amide bonds. The van der Waals surface area contributed by atoms with Gasteiger partial charge in [0, 0.05) is 5.69 Å². The topological polar surface area (TPSA) is 58.6 Å². The second-order valence-electron chi connectivity index (χ2n) is 6.99. The first kappa shape index (κ1) is 19.9. The summed E-state index contributed by atoms with van der Waals surface area (Å²) in [5.41, 5.74) is 2.79. The zero-order valence-corrected chi connectivity index (χ0v) is 16.9. The zero-order chi connectivity index (χ0) is 21.3. The molecule has 0 fully saturated rings. The SMILES string of the molecule is Cc1ccc(CN2C(=O)COc3ccc(NC(=O)c4c(F)cccc4Cl)cc32)cc1. The number of carbonyl (C=O) groups excluding carboxylic acids is 2. The predicted octanol–water partition coefficient (Wildman–Crippen LogP) is 4.97. The monoisotopic (exact) mass is 424 g/mol. The molecule has 1 heterocycles. The Hall–Kier alpha value is -3.38. The summed E-state index contributed by atoms with van der Waals surface area (Å²) in [4.78, 5) is 26.7. The third kappa shape index (κ3) is 4.00. The van der Waals surface area contributed by atoms with Crippen LogP contribution in [0, 0.1) is 12.7 Å².